The van der Waals surface area contributed by atoms with Crippen LogP contribution in [-0.2, 0) is 14.4 Å². The molecule has 0 aliphatic carbocycles. The van der Waals surface area contributed by atoms with Crippen molar-refractivity contribution in [3.8, 4) is 0 Å². The maximum absolute atomic E-state index is 12.1. The largest absolute Gasteiger partial charge is 0.481 e. The van der Waals surface area contributed by atoms with Gasteiger partial charge in [-0.3, -0.25) is 14.4 Å². The molecule has 0 aromatic heterocycles. The van der Waals surface area contributed by atoms with Crippen molar-refractivity contribution in [3.63, 3.8) is 0 Å². The number of Topliss-reactive ketones (excluding diaryl/α,β-unsaturated/α-hetero) is 1. The van der Waals surface area contributed by atoms with E-state index in [-0.39, 0.29) is 18.1 Å². The van der Waals surface area contributed by atoms with E-state index in [4.69, 9.17) is 0 Å². The standard InChI is InChI=1S/C20H24O4/c1-4-18(22)19(20(23)24)16(13-17(21)12-14(2)3)11-10-15-8-6-5-7-9-15/h4-11,14,16,19H,1,12-13H2,2-3H3,(H,23,24)/b11-10+. The molecule has 1 N–H and O–H groups in total. The van der Waals surface area contributed by atoms with E-state index in [0.29, 0.717) is 6.42 Å². The van der Waals surface area contributed by atoms with Crippen molar-refractivity contribution in [1.82, 2.24) is 0 Å². The lowest BCUT2D eigenvalue weighted by atomic mass is 9.83. The van der Waals surface area contributed by atoms with Crippen molar-refractivity contribution in [1.29, 1.82) is 0 Å². The van der Waals surface area contributed by atoms with Crippen molar-refractivity contribution in [2.45, 2.75) is 26.7 Å². The fraction of sp³-hybridized carbons (Fsp3) is 0.350. The number of carbonyl (C=O) groups is 3. The summed E-state index contributed by atoms with van der Waals surface area (Å²) >= 11 is 0. The van der Waals surface area contributed by atoms with E-state index in [1.165, 1.54) is 0 Å². The summed E-state index contributed by atoms with van der Waals surface area (Å²) in [7, 11) is 0. The SMILES string of the molecule is C=CC(=O)C(C(=O)O)C(/C=C/c1ccccc1)CC(=O)CC(C)C. The monoisotopic (exact) mass is 328 g/mol. The molecule has 0 bridgehead atoms. The van der Waals surface area contributed by atoms with Crippen LogP contribution in [-0.4, -0.2) is 22.6 Å². The Morgan fingerprint density at radius 1 is 1.12 bits per heavy atom. The second kappa shape index (κ2) is 9.60. The van der Waals surface area contributed by atoms with E-state index in [9.17, 15) is 19.5 Å². The third kappa shape index (κ3) is 6.32. The van der Waals surface area contributed by atoms with Gasteiger partial charge in [-0.05, 0) is 17.6 Å². The molecule has 0 heterocycles. The molecular formula is C20H24O4. The van der Waals surface area contributed by atoms with Crippen molar-refractivity contribution in [2.75, 3.05) is 0 Å². The number of carboxylic acid groups (broad SMARTS) is 1. The minimum Gasteiger partial charge on any atom is -0.481 e. The number of aliphatic carboxylic acids is 1. The highest BCUT2D eigenvalue weighted by Crippen LogP contribution is 2.23. The molecule has 0 aliphatic rings. The van der Waals surface area contributed by atoms with Crippen LogP contribution in [0.2, 0.25) is 0 Å². The van der Waals surface area contributed by atoms with Crippen molar-refractivity contribution in [3.05, 3.63) is 54.6 Å². The first-order valence-corrected chi connectivity index (χ1v) is 7.99. The number of hydrogen-bond donors (Lipinski definition) is 1. The first kappa shape index (κ1) is 19.6. The van der Waals surface area contributed by atoms with Crippen molar-refractivity contribution < 1.29 is 19.5 Å². The fourth-order valence-electron chi connectivity index (χ4n) is 2.54. The van der Waals surface area contributed by atoms with Crippen LogP contribution in [0.25, 0.3) is 6.08 Å². The topological polar surface area (TPSA) is 71.4 Å². The number of benzene rings is 1. The number of carboxylic acids is 1. The zero-order valence-electron chi connectivity index (χ0n) is 14.1. The van der Waals surface area contributed by atoms with Gasteiger partial charge in [0.15, 0.2) is 5.78 Å². The minimum atomic E-state index is -1.29. The highest BCUT2D eigenvalue weighted by Gasteiger charge is 2.33. The Hall–Kier alpha value is -2.49. The average Bonchev–Trinajstić information content (AvgIpc) is 2.52. The van der Waals surface area contributed by atoms with Crippen LogP contribution >= 0.6 is 0 Å². The molecule has 128 valence electrons. The third-order valence-electron chi connectivity index (χ3n) is 3.64. The Bertz CT molecular complexity index is 614. The number of allylic oxidation sites excluding steroid dienone is 2. The molecule has 0 aliphatic heterocycles. The molecule has 4 nitrogen and oxygen atoms in total. The van der Waals surface area contributed by atoms with Crippen LogP contribution in [0.5, 0.6) is 0 Å². The summed E-state index contributed by atoms with van der Waals surface area (Å²) in [5, 5.41) is 9.42. The zero-order valence-corrected chi connectivity index (χ0v) is 14.1. The van der Waals surface area contributed by atoms with Gasteiger partial charge in [0.1, 0.15) is 11.7 Å². The molecule has 2 atom stereocenters. The van der Waals surface area contributed by atoms with Crippen molar-refractivity contribution in [2.24, 2.45) is 17.8 Å². The van der Waals surface area contributed by atoms with E-state index in [1.807, 2.05) is 44.2 Å². The normalized spacial score (nSPS) is 13.6. The number of ketones is 2. The number of hydrogen-bond acceptors (Lipinski definition) is 3. The second-order valence-electron chi connectivity index (χ2n) is 6.20. The summed E-state index contributed by atoms with van der Waals surface area (Å²) < 4.78 is 0. The van der Waals surface area contributed by atoms with Crippen molar-refractivity contribution >= 4 is 23.6 Å². The summed E-state index contributed by atoms with van der Waals surface area (Å²) in [5.41, 5.74) is 0.883. The molecule has 0 amide bonds. The van der Waals surface area contributed by atoms with Crippen LogP contribution in [0, 0.1) is 17.8 Å². The molecule has 0 saturated heterocycles. The number of carbonyl (C=O) groups excluding carboxylic acids is 2. The highest BCUT2D eigenvalue weighted by atomic mass is 16.4. The second-order valence-corrected chi connectivity index (χ2v) is 6.20. The smallest absolute Gasteiger partial charge is 0.315 e. The molecule has 1 aromatic carbocycles. The Morgan fingerprint density at radius 2 is 1.75 bits per heavy atom. The van der Waals surface area contributed by atoms with E-state index in [1.54, 1.807) is 12.2 Å². The molecule has 2 unspecified atom stereocenters. The molecule has 0 fully saturated rings. The van der Waals surface area contributed by atoms with Crippen LogP contribution in [0.4, 0.5) is 0 Å². The first-order chi connectivity index (χ1) is 11.3. The van der Waals surface area contributed by atoms with Crippen LogP contribution < -0.4 is 0 Å². The lowest BCUT2D eigenvalue weighted by Gasteiger charge is -2.19. The van der Waals surface area contributed by atoms with Gasteiger partial charge in [0.2, 0.25) is 0 Å². The highest BCUT2D eigenvalue weighted by molar-refractivity contribution is 6.05. The van der Waals surface area contributed by atoms with Crippen LogP contribution in [0.15, 0.2) is 49.1 Å². The first-order valence-electron chi connectivity index (χ1n) is 7.99. The molecule has 1 aromatic rings. The summed E-state index contributed by atoms with van der Waals surface area (Å²) in [6.45, 7) is 7.22. The molecule has 24 heavy (non-hydrogen) atoms. The van der Waals surface area contributed by atoms with Crippen LogP contribution in [0.1, 0.15) is 32.3 Å². The number of rotatable bonds is 10. The Balaban J connectivity index is 3.07. The third-order valence-corrected chi connectivity index (χ3v) is 3.64. The Labute approximate surface area is 142 Å². The maximum Gasteiger partial charge on any atom is 0.315 e. The van der Waals surface area contributed by atoms with E-state index in [0.717, 1.165) is 11.6 Å². The molecule has 0 saturated carbocycles. The minimum absolute atomic E-state index is 0.0259. The summed E-state index contributed by atoms with van der Waals surface area (Å²) in [4.78, 5) is 35.7. The van der Waals surface area contributed by atoms with Gasteiger partial charge < -0.3 is 5.11 Å². The predicted molar refractivity (Wildman–Crippen MR) is 94.4 cm³/mol. The van der Waals surface area contributed by atoms with E-state index in [2.05, 4.69) is 6.58 Å². The average molecular weight is 328 g/mol. The quantitative estimate of drug-likeness (QED) is 0.524. The van der Waals surface area contributed by atoms with E-state index >= 15 is 0 Å². The van der Waals surface area contributed by atoms with E-state index < -0.39 is 23.6 Å². The van der Waals surface area contributed by atoms with Gasteiger partial charge in [0.05, 0.1) is 0 Å². The summed E-state index contributed by atoms with van der Waals surface area (Å²) in [6, 6.07) is 9.34. The van der Waals surface area contributed by atoms with Gasteiger partial charge in [-0.1, -0.05) is 62.9 Å². The Kier molecular flexibility index (Phi) is 7.83. The molecule has 0 spiro atoms. The molecule has 0 radical (unpaired) electrons. The molecule has 4 heteroatoms. The van der Waals surface area contributed by atoms with Gasteiger partial charge in [0, 0.05) is 18.8 Å². The van der Waals surface area contributed by atoms with Gasteiger partial charge in [-0.2, -0.15) is 0 Å². The van der Waals surface area contributed by atoms with Gasteiger partial charge in [0.25, 0.3) is 0 Å². The lowest BCUT2D eigenvalue weighted by molar-refractivity contribution is -0.146. The summed E-state index contributed by atoms with van der Waals surface area (Å²) in [5.74, 6) is -3.66. The van der Waals surface area contributed by atoms with Gasteiger partial charge in [-0.25, -0.2) is 0 Å². The predicted octanol–water partition coefficient (Wildman–Crippen LogP) is 3.78. The molecule has 1 rings (SSSR count). The lowest BCUT2D eigenvalue weighted by Crippen LogP contribution is -2.31. The molecular weight excluding hydrogens is 304 g/mol. The fourth-order valence-corrected chi connectivity index (χ4v) is 2.54. The summed E-state index contributed by atoms with van der Waals surface area (Å²) in [6.07, 6.45) is 4.80. The maximum atomic E-state index is 12.1. The van der Waals surface area contributed by atoms with Gasteiger partial charge in [-0.15, -0.1) is 0 Å². The van der Waals surface area contributed by atoms with Crippen LogP contribution in [0.3, 0.4) is 0 Å². The zero-order chi connectivity index (χ0) is 18.1. The Morgan fingerprint density at radius 3 is 2.25 bits per heavy atom. The van der Waals surface area contributed by atoms with Gasteiger partial charge >= 0.3 is 5.97 Å².